The molecule has 0 bridgehead atoms. The van der Waals surface area contributed by atoms with Gasteiger partial charge in [-0.05, 0) is 45.4 Å². The number of nitrogens with two attached hydrogens (primary N) is 1. The summed E-state index contributed by atoms with van der Waals surface area (Å²) in [5.74, 6) is -2.33. The second-order valence-corrected chi connectivity index (χ2v) is 9.50. The van der Waals surface area contributed by atoms with Gasteiger partial charge in [-0.2, -0.15) is 0 Å². The summed E-state index contributed by atoms with van der Waals surface area (Å²) in [6, 6.07) is 5.73. The summed E-state index contributed by atoms with van der Waals surface area (Å²) < 4.78 is 28.9. The highest BCUT2D eigenvalue weighted by Gasteiger charge is 2.39. The fourth-order valence-corrected chi connectivity index (χ4v) is 3.15. The van der Waals surface area contributed by atoms with Gasteiger partial charge in [0, 0.05) is 0 Å². The Morgan fingerprint density at radius 2 is 1.76 bits per heavy atom. The predicted molar refractivity (Wildman–Crippen MR) is 93.7 cm³/mol. The van der Waals surface area contributed by atoms with Crippen molar-refractivity contribution in [3.8, 4) is 0 Å². The molecule has 0 radical (unpaired) electrons. The summed E-state index contributed by atoms with van der Waals surface area (Å²) in [5, 5.41) is 9.28. The van der Waals surface area contributed by atoms with Crippen molar-refractivity contribution < 1.29 is 27.9 Å². The van der Waals surface area contributed by atoms with Crippen LogP contribution in [0.15, 0.2) is 36.9 Å². The van der Waals surface area contributed by atoms with E-state index in [1.165, 1.54) is 52.0 Å². The average molecular weight is 369 g/mol. The first-order chi connectivity index (χ1) is 11.3. The number of benzene rings is 1. The van der Waals surface area contributed by atoms with Gasteiger partial charge in [-0.15, -0.1) is 0 Å². The fraction of sp³-hybridized carbons (Fsp3) is 0.412. The van der Waals surface area contributed by atoms with Crippen LogP contribution >= 0.6 is 0 Å². The van der Waals surface area contributed by atoms with E-state index in [0.717, 1.165) is 6.08 Å². The van der Waals surface area contributed by atoms with Gasteiger partial charge >= 0.3 is 11.9 Å². The van der Waals surface area contributed by atoms with Crippen molar-refractivity contribution in [3.63, 3.8) is 0 Å². The number of hydrogen-bond donors (Lipinski definition) is 2. The number of carbonyl (C=O) groups is 2. The summed E-state index contributed by atoms with van der Waals surface area (Å²) in [6.07, 6.45) is 1.01. The normalized spacial score (nSPS) is 15.7. The fourth-order valence-electron chi connectivity index (χ4n) is 1.98. The maximum atomic E-state index is 12.5. The third-order valence-corrected chi connectivity index (χ3v) is 6.33. The smallest absolute Gasteiger partial charge is 0.340 e. The molecule has 25 heavy (non-hydrogen) atoms. The lowest BCUT2D eigenvalue weighted by Crippen LogP contribution is -2.43. The molecule has 0 saturated heterocycles. The Kier molecular flexibility index (Phi) is 5.81. The lowest BCUT2D eigenvalue weighted by Gasteiger charge is -2.26. The van der Waals surface area contributed by atoms with E-state index >= 15 is 0 Å². The second kappa shape index (κ2) is 6.97. The number of rotatable bonds is 6. The molecule has 0 heterocycles. The van der Waals surface area contributed by atoms with Crippen LogP contribution in [0.4, 0.5) is 0 Å². The molecule has 0 aliphatic heterocycles. The molecule has 1 aromatic rings. The maximum absolute atomic E-state index is 12.5. The quantitative estimate of drug-likeness (QED) is 0.579. The van der Waals surface area contributed by atoms with Crippen molar-refractivity contribution in [2.75, 3.05) is 0 Å². The minimum Gasteiger partial charge on any atom is -0.480 e. The number of carboxylic acids is 1. The van der Waals surface area contributed by atoms with Gasteiger partial charge in [0.2, 0.25) is 5.44 Å². The third-order valence-electron chi connectivity index (χ3n) is 3.73. The molecule has 0 saturated carbocycles. The number of esters is 1. The monoisotopic (exact) mass is 369 g/mol. The van der Waals surface area contributed by atoms with Crippen molar-refractivity contribution in [2.45, 2.75) is 43.4 Å². The number of carbonyl (C=O) groups excluding carboxylic acids is 1. The van der Waals surface area contributed by atoms with Crippen LogP contribution < -0.4 is 5.73 Å². The Labute approximate surface area is 147 Å². The standard InChI is InChI=1S/C17H23NO6S/c1-6-13(25(22,23)16(2,3)4)24-14(19)11-9-7-8-10-12(11)17(5,18)15(20)21/h6-10,13H,1,18H2,2-5H3,(H,20,21). The molecule has 2 unspecified atom stereocenters. The van der Waals surface area contributed by atoms with Crippen LogP contribution in [0.3, 0.4) is 0 Å². The van der Waals surface area contributed by atoms with Gasteiger partial charge < -0.3 is 15.6 Å². The molecule has 0 amide bonds. The van der Waals surface area contributed by atoms with Crippen LogP contribution in [0.1, 0.15) is 43.6 Å². The molecule has 0 aliphatic rings. The zero-order valence-corrected chi connectivity index (χ0v) is 15.5. The molecule has 1 rings (SSSR count). The van der Waals surface area contributed by atoms with Gasteiger partial charge in [0.1, 0.15) is 5.54 Å². The first kappa shape index (κ1) is 20.9. The first-order valence-corrected chi connectivity index (χ1v) is 9.00. The molecule has 7 nitrogen and oxygen atoms in total. The second-order valence-electron chi connectivity index (χ2n) is 6.72. The van der Waals surface area contributed by atoms with Crippen molar-refractivity contribution in [3.05, 3.63) is 48.0 Å². The van der Waals surface area contributed by atoms with E-state index in [9.17, 15) is 23.1 Å². The molecule has 138 valence electrons. The topological polar surface area (TPSA) is 124 Å². The summed E-state index contributed by atoms with van der Waals surface area (Å²) >= 11 is 0. The van der Waals surface area contributed by atoms with Crippen LogP contribution in [-0.2, 0) is 24.9 Å². The van der Waals surface area contributed by atoms with E-state index < -0.39 is 37.5 Å². The molecular formula is C17H23NO6S. The molecule has 0 aromatic heterocycles. The lowest BCUT2D eigenvalue weighted by atomic mass is 9.89. The van der Waals surface area contributed by atoms with E-state index in [4.69, 9.17) is 10.5 Å². The number of ether oxygens (including phenoxy) is 1. The highest BCUT2D eigenvalue weighted by molar-refractivity contribution is 7.93. The minimum absolute atomic E-state index is 0.0171. The number of sulfone groups is 1. The summed E-state index contributed by atoms with van der Waals surface area (Å²) in [7, 11) is -3.86. The van der Waals surface area contributed by atoms with Gasteiger partial charge in [0.05, 0.1) is 10.3 Å². The van der Waals surface area contributed by atoms with E-state index in [2.05, 4.69) is 6.58 Å². The molecule has 2 atom stereocenters. The van der Waals surface area contributed by atoms with Crippen LogP contribution in [0, 0.1) is 0 Å². The van der Waals surface area contributed by atoms with E-state index in [1.54, 1.807) is 0 Å². The Morgan fingerprint density at radius 1 is 1.24 bits per heavy atom. The van der Waals surface area contributed by atoms with Crippen molar-refractivity contribution in [1.82, 2.24) is 0 Å². The first-order valence-electron chi connectivity index (χ1n) is 7.45. The van der Waals surface area contributed by atoms with Crippen molar-refractivity contribution in [2.24, 2.45) is 5.73 Å². The molecule has 0 fully saturated rings. The Morgan fingerprint density at radius 3 is 2.20 bits per heavy atom. The van der Waals surface area contributed by atoms with Crippen molar-refractivity contribution >= 4 is 21.8 Å². The Balaban J connectivity index is 3.31. The Bertz CT molecular complexity index is 790. The molecule has 3 N–H and O–H groups in total. The van der Waals surface area contributed by atoms with Crippen LogP contribution in [0.2, 0.25) is 0 Å². The Hall–Kier alpha value is -2.19. The molecule has 8 heteroatoms. The summed E-state index contributed by atoms with van der Waals surface area (Å²) in [5.41, 5.74) is 2.28. The minimum atomic E-state index is -3.86. The average Bonchev–Trinajstić information content (AvgIpc) is 2.50. The van der Waals surface area contributed by atoms with E-state index in [0.29, 0.717) is 0 Å². The molecule has 1 aromatic carbocycles. The highest BCUT2D eigenvalue weighted by Crippen LogP contribution is 2.26. The van der Waals surface area contributed by atoms with E-state index in [1.807, 2.05) is 0 Å². The third kappa shape index (κ3) is 4.08. The van der Waals surface area contributed by atoms with Crippen LogP contribution in [-0.4, -0.2) is 35.6 Å². The highest BCUT2D eigenvalue weighted by atomic mass is 32.2. The van der Waals surface area contributed by atoms with Gasteiger partial charge in [-0.1, -0.05) is 24.8 Å². The van der Waals surface area contributed by atoms with Crippen LogP contribution in [0.25, 0.3) is 0 Å². The molecule has 0 aliphatic carbocycles. The molecular weight excluding hydrogens is 346 g/mol. The van der Waals surface area contributed by atoms with Gasteiger partial charge in [0.15, 0.2) is 9.84 Å². The summed E-state index contributed by atoms with van der Waals surface area (Å²) in [4.78, 5) is 23.9. The largest absolute Gasteiger partial charge is 0.480 e. The predicted octanol–water partition coefficient (Wildman–Crippen LogP) is 1.83. The zero-order chi connectivity index (χ0) is 19.6. The van der Waals surface area contributed by atoms with Gasteiger partial charge in [0.25, 0.3) is 0 Å². The number of carboxylic acid groups (broad SMARTS) is 1. The van der Waals surface area contributed by atoms with Crippen LogP contribution in [0.5, 0.6) is 0 Å². The van der Waals surface area contributed by atoms with Gasteiger partial charge in [-0.3, -0.25) is 0 Å². The zero-order valence-electron chi connectivity index (χ0n) is 14.6. The molecule has 0 spiro atoms. The van der Waals surface area contributed by atoms with Crippen molar-refractivity contribution in [1.29, 1.82) is 0 Å². The van der Waals surface area contributed by atoms with E-state index in [-0.39, 0.29) is 11.1 Å². The maximum Gasteiger partial charge on any atom is 0.340 e. The number of hydrogen-bond acceptors (Lipinski definition) is 6. The number of aliphatic carboxylic acids is 1. The lowest BCUT2D eigenvalue weighted by molar-refractivity contribution is -0.143. The van der Waals surface area contributed by atoms with Gasteiger partial charge in [-0.25, -0.2) is 18.0 Å². The SMILES string of the molecule is C=CC(OC(=O)c1ccccc1C(C)(N)C(=O)O)S(=O)(=O)C(C)(C)C. The summed E-state index contributed by atoms with van der Waals surface area (Å²) in [6.45, 7) is 9.07.